The van der Waals surface area contributed by atoms with Crippen LogP contribution in [-0.4, -0.2) is 39.8 Å². The molecule has 3 rings (SSSR count). The minimum Gasteiger partial charge on any atom is -0.384 e. The first-order valence-electron chi connectivity index (χ1n) is 11.6. The molecule has 0 fully saturated rings. The van der Waals surface area contributed by atoms with Gasteiger partial charge in [0.2, 0.25) is 0 Å². The highest BCUT2D eigenvalue weighted by atomic mass is 31.1. The van der Waals surface area contributed by atoms with Crippen molar-refractivity contribution in [2.24, 2.45) is 5.92 Å². The van der Waals surface area contributed by atoms with Crippen molar-refractivity contribution >= 4 is 31.2 Å². The van der Waals surface area contributed by atoms with Gasteiger partial charge in [0, 0.05) is 30.3 Å². The molecule has 4 N–H and O–H groups in total. The Hall–Kier alpha value is -2.24. The summed E-state index contributed by atoms with van der Waals surface area (Å²) in [6.07, 6.45) is 7.97. The molecule has 0 saturated carbocycles. The van der Waals surface area contributed by atoms with Crippen molar-refractivity contribution in [2.45, 2.75) is 60.9 Å². The third-order valence-electron chi connectivity index (χ3n) is 3.93. The summed E-state index contributed by atoms with van der Waals surface area (Å²) >= 11 is 0. The molecule has 32 heavy (non-hydrogen) atoms. The Morgan fingerprint density at radius 2 is 1.88 bits per heavy atom. The topological polar surface area (TPSA) is 93.2 Å². The maximum absolute atomic E-state index is 5.87. The molecule has 0 amide bonds. The van der Waals surface area contributed by atoms with E-state index in [1.54, 1.807) is 16.8 Å². The fraction of sp³-hybridized carbons (Fsp3) is 0.542. The molecule has 1 atom stereocenters. The number of pyridine rings is 1. The van der Waals surface area contributed by atoms with Gasteiger partial charge in [0.25, 0.3) is 0 Å². The third kappa shape index (κ3) is 11.4. The van der Waals surface area contributed by atoms with Crippen LogP contribution >= 0.6 is 8.58 Å². The van der Waals surface area contributed by atoms with E-state index < -0.39 is 0 Å². The lowest BCUT2D eigenvalue weighted by molar-refractivity contribution is 0.562. The summed E-state index contributed by atoms with van der Waals surface area (Å²) in [6.45, 7) is 16.6. The van der Waals surface area contributed by atoms with Crippen molar-refractivity contribution in [1.82, 2.24) is 24.9 Å². The molecular formula is C24H44N7P. The average molecular weight is 462 g/mol. The van der Waals surface area contributed by atoms with Crippen LogP contribution in [0.25, 0.3) is 5.65 Å². The maximum atomic E-state index is 5.87. The van der Waals surface area contributed by atoms with Crippen LogP contribution in [0, 0.1) is 5.92 Å². The fourth-order valence-corrected chi connectivity index (χ4v) is 2.98. The molecule has 0 radical (unpaired) electrons. The van der Waals surface area contributed by atoms with E-state index >= 15 is 0 Å². The predicted octanol–water partition coefficient (Wildman–Crippen LogP) is 4.95. The van der Waals surface area contributed by atoms with Crippen LogP contribution in [-0.2, 0) is 6.54 Å². The molecule has 0 bridgehead atoms. The number of hydrogen-bond donors (Lipinski definition) is 3. The summed E-state index contributed by atoms with van der Waals surface area (Å²) in [7, 11) is 2.63. The van der Waals surface area contributed by atoms with E-state index in [4.69, 9.17) is 5.73 Å². The maximum Gasteiger partial charge on any atom is 0.167 e. The molecule has 3 aromatic rings. The minimum absolute atomic E-state index is 0.492. The van der Waals surface area contributed by atoms with Crippen LogP contribution in [0.3, 0.4) is 0 Å². The first-order valence-corrected chi connectivity index (χ1v) is 13.1. The number of rotatable bonds is 7. The van der Waals surface area contributed by atoms with Crippen LogP contribution in [0.4, 0.5) is 11.6 Å². The zero-order valence-electron chi connectivity index (χ0n) is 21.2. The second-order valence-electron chi connectivity index (χ2n) is 7.32. The monoisotopic (exact) mass is 461 g/mol. The van der Waals surface area contributed by atoms with Gasteiger partial charge in [-0.25, -0.2) is 4.98 Å². The zero-order chi connectivity index (χ0) is 24.4. The van der Waals surface area contributed by atoms with Gasteiger partial charge in [0.05, 0.1) is 6.20 Å². The molecule has 180 valence electrons. The zero-order valence-corrected chi connectivity index (χ0v) is 22.2. The normalized spacial score (nSPS) is 10.2. The van der Waals surface area contributed by atoms with Gasteiger partial charge in [-0.2, -0.15) is 9.61 Å². The fourth-order valence-electron chi connectivity index (χ4n) is 2.41. The van der Waals surface area contributed by atoms with E-state index in [2.05, 4.69) is 60.1 Å². The summed E-state index contributed by atoms with van der Waals surface area (Å²) in [6, 6.07) is 5.72. The summed E-state index contributed by atoms with van der Waals surface area (Å²) in [4.78, 5) is 8.45. The van der Waals surface area contributed by atoms with Crippen molar-refractivity contribution in [1.29, 1.82) is 0 Å². The van der Waals surface area contributed by atoms with Crippen LogP contribution in [0.15, 0.2) is 36.8 Å². The Morgan fingerprint density at radius 3 is 2.38 bits per heavy atom. The smallest absolute Gasteiger partial charge is 0.167 e. The minimum atomic E-state index is 0.492. The van der Waals surface area contributed by atoms with E-state index in [1.165, 1.54) is 12.8 Å². The summed E-state index contributed by atoms with van der Waals surface area (Å²) in [5.74, 6) is 2.17. The highest BCUT2D eigenvalue weighted by Gasteiger charge is 2.09. The Kier molecular flexibility index (Phi) is 17.1. The molecule has 0 aliphatic carbocycles. The largest absolute Gasteiger partial charge is 0.384 e. The number of aromatic nitrogens is 4. The van der Waals surface area contributed by atoms with Crippen molar-refractivity contribution in [3.8, 4) is 0 Å². The van der Waals surface area contributed by atoms with Gasteiger partial charge in [0.1, 0.15) is 11.6 Å². The second-order valence-corrected chi connectivity index (χ2v) is 8.36. The number of nitrogen functional groups attached to an aromatic ring is 1. The first kappa shape index (κ1) is 29.8. The highest BCUT2D eigenvalue weighted by molar-refractivity contribution is 7.46. The van der Waals surface area contributed by atoms with Crippen LogP contribution in [0.1, 0.15) is 59.9 Å². The van der Waals surface area contributed by atoms with Crippen molar-refractivity contribution < 1.29 is 0 Å². The lowest BCUT2D eigenvalue weighted by atomic mass is 10.1. The Bertz CT molecular complexity index is 835. The summed E-state index contributed by atoms with van der Waals surface area (Å²) in [5, 5.41) is 11.9. The summed E-state index contributed by atoms with van der Waals surface area (Å²) < 4.78 is 1.79. The van der Waals surface area contributed by atoms with Gasteiger partial charge in [-0.3, -0.25) is 4.98 Å². The lowest BCUT2D eigenvalue weighted by Crippen LogP contribution is -2.09. The lowest BCUT2D eigenvalue weighted by Gasteiger charge is -2.09. The van der Waals surface area contributed by atoms with Crippen molar-refractivity contribution in [3.05, 3.63) is 42.4 Å². The third-order valence-corrected chi connectivity index (χ3v) is 4.82. The van der Waals surface area contributed by atoms with Crippen LogP contribution in [0.2, 0.25) is 0 Å². The number of nitrogens with two attached hydrogens (primary N) is 1. The van der Waals surface area contributed by atoms with E-state index in [0.717, 1.165) is 34.8 Å². The van der Waals surface area contributed by atoms with E-state index in [0.29, 0.717) is 20.9 Å². The van der Waals surface area contributed by atoms with Gasteiger partial charge in [-0.15, -0.1) is 0 Å². The van der Waals surface area contributed by atoms with Gasteiger partial charge < -0.3 is 16.4 Å². The molecular weight excluding hydrogens is 417 g/mol. The molecule has 0 spiro atoms. The number of anilines is 2. The molecule has 0 aliphatic rings. The second kappa shape index (κ2) is 18.3. The first-order chi connectivity index (χ1) is 15.5. The average Bonchev–Trinajstić information content (AvgIpc) is 3.22. The van der Waals surface area contributed by atoms with E-state index in [9.17, 15) is 0 Å². The molecule has 3 aromatic heterocycles. The molecule has 3 heterocycles. The molecule has 0 aromatic carbocycles. The van der Waals surface area contributed by atoms with Crippen LogP contribution in [0.5, 0.6) is 0 Å². The van der Waals surface area contributed by atoms with E-state index in [1.807, 2.05) is 45.4 Å². The predicted molar refractivity (Wildman–Crippen MR) is 144 cm³/mol. The Morgan fingerprint density at radius 1 is 1.19 bits per heavy atom. The molecule has 0 aliphatic heterocycles. The van der Waals surface area contributed by atoms with Crippen molar-refractivity contribution in [3.63, 3.8) is 0 Å². The van der Waals surface area contributed by atoms with Crippen LogP contribution < -0.4 is 21.7 Å². The molecule has 8 heteroatoms. The number of nitrogens with one attached hydrogen (secondary N) is 2. The van der Waals surface area contributed by atoms with Gasteiger partial charge in [0.15, 0.2) is 5.65 Å². The Labute approximate surface area is 196 Å². The van der Waals surface area contributed by atoms with Crippen molar-refractivity contribution in [2.75, 3.05) is 31.3 Å². The summed E-state index contributed by atoms with van der Waals surface area (Å²) in [5.41, 5.74) is 7.79. The van der Waals surface area contributed by atoms with E-state index in [-0.39, 0.29) is 0 Å². The molecule has 0 saturated heterocycles. The Balaban J connectivity index is 0.000000674. The number of nitrogens with zero attached hydrogens (tertiary/aromatic N) is 4. The molecule has 7 nitrogen and oxygen atoms in total. The quantitative estimate of drug-likeness (QED) is 0.431. The van der Waals surface area contributed by atoms with Gasteiger partial charge in [-0.05, 0) is 44.2 Å². The van der Waals surface area contributed by atoms with Gasteiger partial charge in [-0.1, -0.05) is 62.6 Å². The standard InChI is InChI=1S/C13H15N6P.C6H15N.C3H8.C2H6/c1-20-10-8-17-19-12(5-11(14)18-13(10)19)16-7-9-3-2-4-15-6-9;1-6(2)4-5-7-3;1-3-2;1-2/h2-6,8,16,20H,7H2,1H3,(H2,14,18);6-7H,4-5H2,1-3H3;3H2,1-2H3;1-2H3. The number of fused-ring (bicyclic) bond motifs is 1. The number of hydrogen-bond acceptors (Lipinski definition) is 6. The SMILES string of the molecule is CC.CCC.CNCCC(C)C.CPc1cnn2c(NCc3cccnc3)cc(N)nc12. The van der Waals surface area contributed by atoms with Gasteiger partial charge >= 0.3 is 0 Å². The highest BCUT2D eigenvalue weighted by Crippen LogP contribution is 2.17. The molecule has 1 unspecified atom stereocenters.